The molecule has 0 spiro atoms. The standard InChI is InChI=1S/C11H16BrNO/c1-2-11(14,8-13)7-9-3-5-10(12)6-4-9/h3-6,14H,2,7-8,13H2,1H3. The molecule has 0 bridgehead atoms. The second-order valence-electron chi connectivity index (χ2n) is 3.59. The van der Waals surface area contributed by atoms with Crippen molar-refractivity contribution in [2.24, 2.45) is 5.73 Å². The largest absolute Gasteiger partial charge is 0.388 e. The van der Waals surface area contributed by atoms with E-state index in [1.54, 1.807) is 0 Å². The summed E-state index contributed by atoms with van der Waals surface area (Å²) in [6.07, 6.45) is 1.30. The Hall–Kier alpha value is -0.380. The van der Waals surface area contributed by atoms with Crippen LogP contribution in [0.4, 0.5) is 0 Å². The predicted molar refractivity (Wildman–Crippen MR) is 62.1 cm³/mol. The topological polar surface area (TPSA) is 46.2 Å². The number of hydrogen-bond acceptors (Lipinski definition) is 2. The summed E-state index contributed by atoms with van der Waals surface area (Å²) in [4.78, 5) is 0. The van der Waals surface area contributed by atoms with Gasteiger partial charge in [0.15, 0.2) is 0 Å². The molecular weight excluding hydrogens is 242 g/mol. The minimum atomic E-state index is -0.756. The van der Waals surface area contributed by atoms with Crippen molar-refractivity contribution in [1.29, 1.82) is 0 Å². The van der Waals surface area contributed by atoms with Gasteiger partial charge in [-0.2, -0.15) is 0 Å². The number of benzene rings is 1. The molecule has 0 aliphatic rings. The lowest BCUT2D eigenvalue weighted by Gasteiger charge is -2.24. The van der Waals surface area contributed by atoms with E-state index in [-0.39, 0.29) is 0 Å². The molecule has 2 nitrogen and oxygen atoms in total. The van der Waals surface area contributed by atoms with Crippen LogP contribution in [0, 0.1) is 0 Å². The normalized spacial score (nSPS) is 15.1. The molecule has 1 rings (SSSR count). The highest BCUT2D eigenvalue weighted by atomic mass is 79.9. The quantitative estimate of drug-likeness (QED) is 0.868. The second-order valence-corrected chi connectivity index (χ2v) is 4.50. The van der Waals surface area contributed by atoms with Gasteiger partial charge in [-0.1, -0.05) is 35.0 Å². The van der Waals surface area contributed by atoms with Crippen molar-refractivity contribution < 1.29 is 5.11 Å². The Morgan fingerprint density at radius 2 is 1.93 bits per heavy atom. The van der Waals surface area contributed by atoms with E-state index >= 15 is 0 Å². The minimum absolute atomic E-state index is 0.305. The van der Waals surface area contributed by atoms with Crippen LogP contribution in [0.1, 0.15) is 18.9 Å². The third-order valence-electron chi connectivity index (χ3n) is 2.48. The summed E-state index contributed by atoms with van der Waals surface area (Å²) in [6, 6.07) is 7.95. The van der Waals surface area contributed by atoms with Gasteiger partial charge in [0.2, 0.25) is 0 Å². The van der Waals surface area contributed by atoms with Crippen LogP contribution in [-0.2, 0) is 6.42 Å². The molecule has 78 valence electrons. The van der Waals surface area contributed by atoms with Crippen molar-refractivity contribution in [2.45, 2.75) is 25.4 Å². The highest BCUT2D eigenvalue weighted by Gasteiger charge is 2.22. The zero-order valence-electron chi connectivity index (χ0n) is 8.33. The molecule has 0 aliphatic carbocycles. The number of halogens is 1. The molecule has 1 atom stereocenters. The Balaban J connectivity index is 2.72. The zero-order valence-corrected chi connectivity index (χ0v) is 9.92. The molecule has 0 heterocycles. The summed E-state index contributed by atoms with van der Waals surface area (Å²) < 4.78 is 1.05. The lowest BCUT2D eigenvalue weighted by Crippen LogP contribution is -2.39. The summed E-state index contributed by atoms with van der Waals surface area (Å²) in [5, 5.41) is 10.0. The van der Waals surface area contributed by atoms with Crippen molar-refractivity contribution in [3.63, 3.8) is 0 Å². The Morgan fingerprint density at radius 1 is 1.36 bits per heavy atom. The van der Waals surface area contributed by atoms with E-state index in [2.05, 4.69) is 15.9 Å². The van der Waals surface area contributed by atoms with Crippen LogP contribution in [0.15, 0.2) is 28.7 Å². The van der Waals surface area contributed by atoms with Crippen molar-refractivity contribution in [2.75, 3.05) is 6.54 Å². The third kappa shape index (κ3) is 3.08. The van der Waals surface area contributed by atoms with Gasteiger partial charge in [-0.05, 0) is 24.1 Å². The highest BCUT2D eigenvalue weighted by Crippen LogP contribution is 2.18. The van der Waals surface area contributed by atoms with Crippen LogP contribution in [0.2, 0.25) is 0 Å². The van der Waals surface area contributed by atoms with Gasteiger partial charge in [0, 0.05) is 17.4 Å². The van der Waals surface area contributed by atoms with Gasteiger partial charge < -0.3 is 10.8 Å². The molecule has 0 fully saturated rings. The van der Waals surface area contributed by atoms with Crippen molar-refractivity contribution in [3.8, 4) is 0 Å². The SMILES string of the molecule is CCC(O)(CN)Cc1ccc(Br)cc1. The minimum Gasteiger partial charge on any atom is -0.388 e. The molecular formula is C11H16BrNO. The average molecular weight is 258 g/mol. The first-order chi connectivity index (χ1) is 6.59. The maximum atomic E-state index is 10.0. The molecule has 0 aliphatic heterocycles. The van der Waals surface area contributed by atoms with Crippen LogP contribution in [0.5, 0.6) is 0 Å². The first-order valence-electron chi connectivity index (χ1n) is 4.76. The number of rotatable bonds is 4. The van der Waals surface area contributed by atoms with Crippen molar-refractivity contribution in [3.05, 3.63) is 34.3 Å². The maximum Gasteiger partial charge on any atom is 0.0806 e. The molecule has 1 aromatic rings. The fourth-order valence-electron chi connectivity index (χ4n) is 1.32. The first-order valence-corrected chi connectivity index (χ1v) is 5.56. The van der Waals surface area contributed by atoms with Crippen LogP contribution in [0.3, 0.4) is 0 Å². The average Bonchev–Trinajstić information content (AvgIpc) is 2.21. The lowest BCUT2D eigenvalue weighted by atomic mass is 9.92. The summed E-state index contributed by atoms with van der Waals surface area (Å²) in [5.41, 5.74) is 5.89. The fraction of sp³-hybridized carbons (Fsp3) is 0.455. The van der Waals surface area contributed by atoms with Gasteiger partial charge in [0.1, 0.15) is 0 Å². The highest BCUT2D eigenvalue weighted by molar-refractivity contribution is 9.10. The zero-order chi connectivity index (χ0) is 10.6. The molecule has 0 aromatic heterocycles. The Morgan fingerprint density at radius 3 is 2.36 bits per heavy atom. The summed E-state index contributed by atoms with van der Waals surface area (Å²) in [7, 11) is 0. The molecule has 0 saturated carbocycles. The maximum absolute atomic E-state index is 10.0. The van der Waals surface area contributed by atoms with Crippen LogP contribution < -0.4 is 5.73 Å². The molecule has 3 N–H and O–H groups in total. The van der Waals surface area contributed by atoms with E-state index in [1.165, 1.54) is 0 Å². The molecule has 0 saturated heterocycles. The molecule has 1 aromatic carbocycles. The Bertz CT molecular complexity index is 280. The molecule has 3 heteroatoms. The summed E-state index contributed by atoms with van der Waals surface area (Å²) in [6.45, 7) is 2.26. The molecule has 1 unspecified atom stereocenters. The monoisotopic (exact) mass is 257 g/mol. The summed E-state index contributed by atoms with van der Waals surface area (Å²) in [5.74, 6) is 0. The second kappa shape index (κ2) is 4.91. The van der Waals surface area contributed by atoms with E-state index in [0.29, 0.717) is 19.4 Å². The Kier molecular flexibility index (Phi) is 4.11. The number of aliphatic hydroxyl groups is 1. The smallest absolute Gasteiger partial charge is 0.0806 e. The van der Waals surface area contributed by atoms with Crippen LogP contribution in [-0.4, -0.2) is 17.3 Å². The predicted octanol–water partition coefficient (Wildman–Crippen LogP) is 2.09. The van der Waals surface area contributed by atoms with Gasteiger partial charge in [-0.3, -0.25) is 0 Å². The van der Waals surface area contributed by atoms with E-state index in [9.17, 15) is 5.11 Å². The lowest BCUT2D eigenvalue weighted by molar-refractivity contribution is 0.0456. The van der Waals surface area contributed by atoms with Crippen LogP contribution in [0.25, 0.3) is 0 Å². The number of hydrogen-bond donors (Lipinski definition) is 2. The van der Waals surface area contributed by atoms with E-state index in [0.717, 1.165) is 10.0 Å². The number of nitrogens with two attached hydrogens (primary N) is 1. The fourth-order valence-corrected chi connectivity index (χ4v) is 1.59. The van der Waals surface area contributed by atoms with Crippen LogP contribution >= 0.6 is 15.9 Å². The van der Waals surface area contributed by atoms with Gasteiger partial charge >= 0.3 is 0 Å². The first kappa shape index (κ1) is 11.7. The van der Waals surface area contributed by atoms with Gasteiger partial charge in [0.25, 0.3) is 0 Å². The molecule has 14 heavy (non-hydrogen) atoms. The van der Waals surface area contributed by atoms with Gasteiger partial charge in [0.05, 0.1) is 5.60 Å². The van der Waals surface area contributed by atoms with E-state index in [4.69, 9.17) is 5.73 Å². The van der Waals surface area contributed by atoms with E-state index in [1.807, 2.05) is 31.2 Å². The third-order valence-corrected chi connectivity index (χ3v) is 3.01. The van der Waals surface area contributed by atoms with Gasteiger partial charge in [-0.15, -0.1) is 0 Å². The molecule has 0 amide bonds. The van der Waals surface area contributed by atoms with Crippen molar-refractivity contribution >= 4 is 15.9 Å². The van der Waals surface area contributed by atoms with E-state index < -0.39 is 5.60 Å². The Labute approximate surface area is 93.3 Å². The molecule has 0 radical (unpaired) electrons. The summed E-state index contributed by atoms with van der Waals surface area (Å²) >= 11 is 3.37. The van der Waals surface area contributed by atoms with Crippen molar-refractivity contribution in [1.82, 2.24) is 0 Å². The van der Waals surface area contributed by atoms with Gasteiger partial charge in [-0.25, -0.2) is 0 Å².